The molecule has 0 radical (unpaired) electrons. The molecule has 0 saturated carbocycles. The maximum absolute atomic E-state index is 12.1. The number of rotatable bonds is 6. The molecule has 98 valence electrons. The Bertz CT molecular complexity index is 507. The van der Waals surface area contributed by atoms with Gasteiger partial charge >= 0.3 is 0 Å². The number of nitrogens with zero attached hydrogens (tertiary/aromatic N) is 1. The summed E-state index contributed by atoms with van der Waals surface area (Å²) in [5.74, 6) is 0.728. The van der Waals surface area contributed by atoms with Gasteiger partial charge in [0.25, 0.3) is 0 Å². The van der Waals surface area contributed by atoms with Gasteiger partial charge in [-0.3, -0.25) is 0 Å². The Labute approximate surface area is 107 Å². The lowest BCUT2D eigenvalue weighted by atomic mass is 10.1. The number of alkyl halides is 1. The number of H-pyrrole nitrogens is 1. The van der Waals surface area contributed by atoms with Crippen LogP contribution in [0.3, 0.4) is 0 Å². The van der Waals surface area contributed by atoms with Crippen molar-refractivity contribution in [3.8, 4) is 5.75 Å². The first-order valence-corrected chi connectivity index (χ1v) is 6.14. The average Bonchev–Trinajstić information content (AvgIpc) is 2.76. The van der Waals surface area contributed by atoms with Gasteiger partial charge in [0.05, 0.1) is 0 Å². The summed E-state index contributed by atoms with van der Waals surface area (Å²) >= 11 is 0. The fourth-order valence-electron chi connectivity index (χ4n) is 1.95. The summed E-state index contributed by atoms with van der Waals surface area (Å²) in [5.41, 5.74) is 2.36. The molecule has 0 unspecified atom stereocenters. The van der Waals surface area contributed by atoms with Crippen molar-refractivity contribution < 1.29 is 9.13 Å². The Balaban J connectivity index is 2.20. The zero-order valence-corrected chi connectivity index (χ0v) is 10.9. The van der Waals surface area contributed by atoms with Crippen LogP contribution in [0.5, 0.6) is 5.75 Å². The van der Waals surface area contributed by atoms with Gasteiger partial charge in [-0.05, 0) is 44.3 Å². The Hall–Kier alpha value is -1.55. The molecule has 18 heavy (non-hydrogen) atoms. The maximum atomic E-state index is 12.1. The largest absolute Gasteiger partial charge is 0.491 e. The van der Waals surface area contributed by atoms with Crippen LogP contribution in [-0.4, -0.2) is 43.8 Å². The molecule has 3 nitrogen and oxygen atoms in total. The summed E-state index contributed by atoms with van der Waals surface area (Å²) in [6.07, 6.45) is 3.02. The zero-order chi connectivity index (χ0) is 13.0. The molecule has 0 aliphatic carbocycles. The molecular formula is C14H19FN2O. The predicted octanol–water partition coefficient (Wildman–Crippen LogP) is 2.62. The van der Waals surface area contributed by atoms with Crippen molar-refractivity contribution in [2.45, 2.75) is 6.42 Å². The van der Waals surface area contributed by atoms with E-state index in [9.17, 15) is 4.39 Å². The highest BCUT2D eigenvalue weighted by Gasteiger charge is 2.05. The van der Waals surface area contributed by atoms with Gasteiger partial charge in [0.2, 0.25) is 0 Å². The normalized spacial score (nSPS) is 11.3. The number of ether oxygens (including phenoxy) is 1. The Morgan fingerprint density at radius 1 is 1.33 bits per heavy atom. The molecule has 0 amide bonds. The van der Waals surface area contributed by atoms with Gasteiger partial charge < -0.3 is 14.6 Å². The van der Waals surface area contributed by atoms with Crippen molar-refractivity contribution in [2.24, 2.45) is 0 Å². The van der Waals surface area contributed by atoms with Crippen LogP contribution in [0.1, 0.15) is 5.56 Å². The number of nitrogens with one attached hydrogen (secondary N) is 1. The monoisotopic (exact) mass is 250 g/mol. The van der Waals surface area contributed by atoms with Crippen molar-refractivity contribution >= 4 is 10.9 Å². The van der Waals surface area contributed by atoms with Crippen LogP contribution in [0.15, 0.2) is 24.4 Å². The van der Waals surface area contributed by atoms with E-state index in [1.165, 1.54) is 5.56 Å². The van der Waals surface area contributed by atoms with Crippen molar-refractivity contribution in [2.75, 3.05) is 33.9 Å². The van der Waals surface area contributed by atoms with E-state index in [1.54, 1.807) is 0 Å². The lowest BCUT2D eigenvalue weighted by molar-refractivity contribution is 0.273. The van der Waals surface area contributed by atoms with Crippen LogP contribution in [0.2, 0.25) is 0 Å². The lowest BCUT2D eigenvalue weighted by Gasteiger charge is -2.08. The van der Waals surface area contributed by atoms with Crippen molar-refractivity contribution in [3.63, 3.8) is 0 Å². The molecule has 1 N–H and O–H groups in total. The van der Waals surface area contributed by atoms with E-state index < -0.39 is 6.67 Å². The Morgan fingerprint density at radius 2 is 2.17 bits per heavy atom. The van der Waals surface area contributed by atoms with E-state index in [-0.39, 0.29) is 6.61 Å². The number of aromatic amines is 1. The molecule has 0 atom stereocenters. The quantitative estimate of drug-likeness (QED) is 0.853. The minimum atomic E-state index is -0.460. The van der Waals surface area contributed by atoms with Crippen LogP contribution in [0.4, 0.5) is 4.39 Å². The molecule has 1 aromatic carbocycles. The highest BCUT2D eigenvalue weighted by atomic mass is 19.1. The number of halogens is 1. The molecule has 2 aromatic rings. The van der Waals surface area contributed by atoms with Gasteiger partial charge in [-0.15, -0.1) is 0 Å². The minimum Gasteiger partial charge on any atom is -0.491 e. The first-order valence-electron chi connectivity index (χ1n) is 6.14. The van der Waals surface area contributed by atoms with Gasteiger partial charge in [0.15, 0.2) is 0 Å². The summed E-state index contributed by atoms with van der Waals surface area (Å²) in [7, 11) is 4.12. The van der Waals surface area contributed by atoms with E-state index in [0.29, 0.717) is 0 Å². The van der Waals surface area contributed by atoms with Crippen LogP contribution < -0.4 is 4.74 Å². The molecule has 0 bridgehead atoms. The summed E-state index contributed by atoms with van der Waals surface area (Å²) in [6, 6.07) is 5.82. The fourth-order valence-corrected chi connectivity index (χ4v) is 1.95. The van der Waals surface area contributed by atoms with Gasteiger partial charge in [-0.1, -0.05) is 0 Å². The third-order valence-electron chi connectivity index (χ3n) is 2.91. The second-order valence-electron chi connectivity index (χ2n) is 4.61. The second-order valence-corrected chi connectivity index (χ2v) is 4.61. The molecule has 0 fully saturated rings. The summed E-state index contributed by atoms with van der Waals surface area (Å²) < 4.78 is 17.4. The van der Waals surface area contributed by atoms with E-state index in [2.05, 4.69) is 24.0 Å². The number of aromatic nitrogens is 1. The van der Waals surface area contributed by atoms with Crippen molar-refractivity contribution in [3.05, 3.63) is 30.0 Å². The molecule has 0 aliphatic rings. The van der Waals surface area contributed by atoms with E-state index in [0.717, 1.165) is 29.6 Å². The smallest absolute Gasteiger partial charge is 0.123 e. The Kier molecular flexibility index (Phi) is 4.20. The Morgan fingerprint density at radius 3 is 2.89 bits per heavy atom. The maximum Gasteiger partial charge on any atom is 0.123 e. The summed E-state index contributed by atoms with van der Waals surface area (Å²) in [6.45, 7) is 0.657. The van der Waals surface area contributed by atoms with Crippen LogP contribution >= 0.6 is 0 Å². The van der Waals surface area contributed by atoms with Gasteiger partial charge in [0, 0.05) is 23.6 Å². The van der Waals surface area contributed by atoms with E-state index in [4.69, 9.17) is 4.74 Å². The highest BCUT2D eigenvalue weighted by molar-refractivity contribution is 5.84. The molecule has 2 rings (SSSR count). The molecular weight excluding hydrogens is 231 g/mol. The number of fused-ring (bicyclic) bond motifs is 1. The number of likely N-dealkylation sites (N-methyl/N-ethyl adjacent to an activating group) is 1. The van der Waals surface area contributed by atoms with Crippen LogP contribution in [0.25, 0.3) is 10.9 Å². The summed E-state index contributed by atoms with van der Waals surface area (Å²) in [5, 5.41) is 1.16. The van der Waals surface area contributed by atoms with E-state index in [1.807, 2.05) is 24.4 Å². The van der Waals surface area contributed by atoms with Gasteiger partial charge in [-0.25, -0.2) is 4.39 Å². The lowest BCUT2D eigenvalue weighted by Crippen LogP contribution is -2.14. The number of benzene rings is 1. The predicted molar refractivity (Wildman–Crippen MR) is 72.0 cm³/mol. The second kappa shape index (κ2) is 5.87. The molecule has 1 aromatic heterocycles. The van der Waals surface area contributed by atoms with E-state index >= 15 is 0 Å². The standard InChI is InChI=1S/C14H19FN2O/c1-17(2)7-5-11-10-16-14-4-3-12(9-13(11)14)18-8-6-15/h3-4,9-10,16H,5-8H2,1-2H3. The summed E-state index contributed by atoms with van der Waals surface area (Å²) in [4.78, 5) is 5.40. The van der Waals surface area contributed by atoms with Gasteiger partial charge in [-0.2, -0.15) is 0 Å². The topological polar surface area (TPSA) is 28.3 Å². The third kappa shape index (κ3) is 3.01. The van der Waals surface area contributed by atoms with Gasteiger partial charge in [0.1, 0.15) is 19.0 Å². The molecule has 1 heterocycles. The van der Waals surface area contributed by atoms with Crippen LogP contribution in [-0.2, 0) is 6.42 Å². The average molecular weight is 250 g/mol. The van der Waals surface area contributed by atoms with Crippen molar-refractivity contribution in [1.29, 1.82) is 0 Å². The molecule has 0 saturated heterocycles. The highest BCUT2D eigenvalue weighted by Crippen LogP contribution is 2.24. The zero-order valence-electron chi connectivity index (χ0n) is 10.9. The fraction of sp³-hybridized carbons (Fsp3) is 0.429. The first-order chi connectivity index (χ1) is 8.70. The number of hydrogen-bond acceptors (Lipinski definition) is 2. The number of hydrogen-bond donors (Lipinski definition) is 1. The molecule has 0 spiro atoms. The minimum absolute atomic E-state index is 0.114. The molecule has 0 aliphatic heterocycles. The molecule has 4 heteroatoms. The SMILES string of the molecule is CN(C)CCc1c[nH]c2ccc(OCCF)cc12. The van der Waals surface area contributed by atoms with Crippen LogP contribution in [0, 0.1) is 0 Å². The first kappa shape index (κ1) is 12.9. The van der Waals surface area contributed by atoms with Crippen molar-refractivity contribution in [1.82, 2.24) is 9.88 Å². The third-order valence-corrected chi connectivity index (χ3v) is 2.91.